The van der Waals surface area contributed by atoms with Gasteiger partial charge in [-0.05, 0) is 6.92 Å². The van der Waals surface area contributed by atoms with E-state index in [4.69, 9.17) is 0 Å². The molecule has 0 bridgehead atoms. The Morgan fingerprint density at radius 2 is 2.00 bits per heavy atom. The van der Waals surface area contributed by atoms with Crippen molar-refractivity contribution in [2.24, 2.45) is 4.99 Å². The molecule has 0 aliphatic carbocycles. The third-order valence-electron chi connectivity index (χ3n) is 0.297. The van der Waals surface area contributed by atoms with E-state index in [0.717, 1.165) is 0 Å². The van der Waals surface area contributed by atoms with Gasteiger partial charge in [-0.25, -0.2) is 0 Å². The first-order valence-corrected chi connectivity index (χ1v) is 2.45. The second-order valence-corrected chi connectivity index (χ2v) is 1.01. The summed E-state index contributed by atoms with van der Waals surface area (Å²) in [5.41, 5.74) is 0. The molecule has 0 fully saturated rings. The van der Waals surface area contributed by atoms with E-state index in [9.17, 15) is 0 Å². The number of nitrogens with zero attached hydrogens (tertiary/aromatic N) is 1. The van der Waals surface area contributed by atoms with Crippen LogP contribution in [-0.2, 0) is 0 Å². The van der Waals surface area contributed by atoms with E-state index in [-0.39, 0.29) is 0 Å². The summed E-state index contributed by atoms with van der Waals surface area (Å²) in [6.07, 6.45) is 9.23. The van der Waals surface area contributed by atoms with E-state index in [1.54, 1.807) is 19.2 Å². The van der Waals surface area contributed by atoms with Crippen LogP contribution in [0.2, 0.25) is 0 Å². The van der Waals surface area contributed by atoms with Crippen molar-refractivity contribution in [3.05, 3.63) is 25.4 Å². The third kappa shape index (κ3) is 50.9. The second kappa shape index (κ2) is 15.9. The van der Waals surface area contributed by atoms with Gasteiger partial charge < -0.3 is 0 Å². The zero-order valence-corrected chi connectivity index (χ0v) is 5.67. The quantitative estimate of drug-likeness (QED) is 0.391. The second-order valence-electron chi connectivity index (χ2n) is 1.01. The van der Waals surface area contributed by atoms with Crippen LogP contribution in [0.25, 0.3) is 0 Å². The standard InChI is InChI=1S/C5H7N.C3H4/c1-3-5-6-4-2;1-3-2/h3-5H,1-2H2;1H,2H3. The van der Waals surface area contributed by atoms with Gasteiger partial charge in [0.25, 0.3) is 0 Å². The minimum Gasteiger partial charge on any atom is -0.265 e. The summed E-state index contributed by atoms with van der Waals surface area (Å²) in [6, 6.07) is 0. The first-order valence-electron chi connectivity index (χ1n) is 2.45. The number of hydrogen-bond acceptors (Lipinski definition) is 1. The minimum atomic E-state index is 1.46. The summed E-state index contributed by atoms with van der Waals surface area (Å²) in [7, 11) is 0. The number of hydrogen-bond donors (Lipinski definition) is 0. The fourth-order valence-electron chi connectivity index (χ4n) is 0.122. The summed E-state index contributed by atoms with van der Waals surface area (Å²) < 4.78 is 0. The molecule has 9 heavy (non-hydrogen) atoms. The summed E-state index contributed by atoms with van der Waals surface area (Å²) in [5.74, 6) is 2.25. The Hall–Kier alpha value is -1.29. The van der Waals surface area contributed by atoms with Crippen LogP contribution in [0, 0.1) is 12.3 Å². The van der Waals surface area contributed by atoms with Crippen LogP contribution in [0.15, 0.2) is 30.4 Å². The van der Waals surface area contributed by atoms with Crippen molar-refractivity contribution < 1.29 is 0 Å². The molecule has 0 aromatic heterocycles. The molecule has 0 aromatic carbocycles. The van der Waals surface area contributed by atoms with E-state index in [2.05, 4.69) is 30.5 Å². The van der Waals surface area contributed by atoms with Gasteiger partial charge in [0.1, 0.15) is 0 Å². The summed E-state index contributed by atoms with van der Waals surface area (Å²) in [6.45, 7) is 8.41. The zero-order valence-electron chi connectivity index (χ0n) is 5.67. The van der Waals surface area contributed by atoms with Crippen LogP contribution >= 0.6 is 0 Å². The highest BCUT2D eigenvalue weighted by Crippen LogP contribution is 1.61. The van der Waals surface area contributed by atoms with Crippen LogP contribution in [0.3, 0.4) is 0 Å². The van der Waals surface area contributed by atoms with Gasteiger partial charge in [0.05, 0.1) is 0 Å². The molecule has 0 saturated carbocycles. The number of aliphatic imine (C=N–C) groups is 1. The maximum atomic E-state index is 4.60. The summed E-state index contributed by atoms with van der Waals surface area (Å²) >= 11 is 0. The highest BCUT2D eigenvalue weighted by atomic mass is 14.6. The SMILES string of the molecule is C#CC.C=CC=NC=C. The lowest BCUT2D eigenvalue weighted by Crippen LogP contribution is -1.52. The Morgan fingerprint density at radius 1 is 1.56 bits per heavy atom. The first-order chi connectivity index (χ1) is 4.33. The first kappa shape index (κ1) is 10.6. The lowest BCUT2D eigenvalue weighted by molar-refractivity contribution is 1.63. The highest BCUT2D eigenvalue weighted by molar-refractivity contribution is 5.70. The molecule has 1 heteroatoms. The van der Waals surface area contributed by atoms with Crippen molar-refractivity contribution in [1.29, 1.82) is 0 Å². The molecule has 0 aliphatic heterocycles. The van der Waals surface area contributed by atoms with Crippen molar-refractivity contribution in [1.82, 2.24) is 0 Å². The van der Waals surface area contributed by atoms with Crippen molar-refractivity contribution in [2.75, 3.05) is 0 Å². The largest absolute Gasteiger partial charge is 0.265 e. The van der Waals surface area contributed by atoms with E-state index < -0.39 is 0 Å². The van der Waals surface area contributed by atoms with E-state index in [1.807, 2.05) is 0 Å². The predicted octanol–water partition coefficient (Wildman–Crippen LogP) is 2.03. The number of terminal acetylenes is 1. The van der Waals surface area contributed by atoms with Gasteiger partial charge in [-0.3, -0.25) is 4.99 Å². The predicted molar refractivity (Wildman–Crippen MR) is 43.4 cm³/mol. The monoisotopic (exact) mass is 121 g/mol. The topological polar surface area (TPSA) is 12.4 Å². The molecule has 0 heterocycles. The fourth-order valence-corrected chi connectivity index (χ4v) is 0.122. The Labute approximate surface area is 56.8 Å². The molecule has 0 aromatic rings. The molecule has 0 rings (SSSR count). The van der Waals surface area contributed by atoms with Gasteiger partial charge in [0, 0.05) is 12.4 Å². The molecule has 0 N–H and O–H groups in total. The Balaban J connectivity index is 0. The Morgan fingerprint density at radius 3 is 2.11 bits per heavy atom. The van der Waals surface area contributed by atoms with Crippen LogP contribution in [0.1, 0.15) is 6.92 Å². The van der Waals surface area contributed by atoms with Gasteiger partial charge >= 0.3 is 0 Å². The molecule has 0 atom stereocenters. The number of allylic oxidation sites excluding steroid dienone is 1. The average molecular weight is 121 g/mol. The zero-order chi connectivity index (χ0) is 7.54. The molecular weight excluding hydrogens is 110 g/mol. The van der Waals surface area contributed by atoms with Crippen LogP contribution in [-0.4, -0.2) is 6.21 Å². The van der Waals surface area contributed by atoms with Crippen molar-refractivity contribution in [3.63, 3.8) is 0 Å². The summed E-state index contributed by atoms with van der Waals surface area (Å²) in [4.78, 5) is 3.61. The van der Waals surface area contributed by atoms with Gasteiger partial charge in [-0.2, -0.15) is 0 Å². The van der Waals surface area contributed by atoms with Crippen molar-refractivity contribution in [3.8, 4) is 12.3 Å². The minimum absolute atomic E-state index is 1.46. The van der Waals surface area contributed by atoms with Crippen molar-refractivity contribution >= 4 is 6.21 Å². The fraction of sp³-hybridized carbons (Fsp3) is 0.125. The number of rotatable bonds is 2. The van der Waals surface area contributed by atoms with Crippen LogP contribution in [0.5, 0.6) is 0 Å². The summed E-state index contributed by atoms with van der Waals surface area (Å²) in [5, 5.41) is 0. The molecule has 1 nitrogen and oxygen atoms in total. The normalized spacial score (nSPS) is 6.67. The molecule has 0 unspecified atom stereocenters. The lowest BCUT2D eigenvalue weighted by Gasteiger charge is -1.62. The van der Waals surface area contributed by atoms with Crippen molar-refractivity contribution in [2.45, 2.75) is 6.92 Å². The molecular formula is C8H11N. The maximum absolute atomic E-state index is 4.60. The van der Waals surface area contributed by atoms with Gasteiger partial charge in [0.15, 0.2) is 0 Å². The van der Waals surface area contributed by atoms with Crippen LogP contribution < -0.4 is 0 Å². The Kier molecular flexibility index (Phi) is 18.8. The van der Waals surface area contributed by atoms with Gasteiger partial charge in [-0.15, -0.1) is 12.3 Å². The Bertz CT molecular complexity index is 116. The molecule has 0 amide bonds. The molecule has 0 saturated heterocycles. The van der Waals surface area contributed by atoms with Gasteiger partial charge in [-0.1, -0.05) is 19.2 Å². The van der Waals surface area contributed by atoms with E-state index >= 15 is 0 Å². The highest BCUT2D eigenvalue weighted by Gasteiger charge is 1.47. The molecule has 0 radical (unpaired) electrons. The molecule has 0 aliphatic rings. The average Bonchev–Trinajstić information content (AvgIpc) is 1.86. The van der Waals surface area contributed by atoms with E-state index in [0.29, 0.717) is 0 Å². The maximum Gasteiger partial charge on any atom is 0.0261 e. The van der Waals surface area contributed by atoms with Crippen LogP contribution in [0.4, 0.5) is 0 Å². The smallest absolute Gasteiger partial charge is 0.0261 e. The third-order valence-corrected chi connectivity index (χ3v) is 0.297. The molecule has 0 spiro atoms. The van der Waals surface area contributed by atoms with Gasteiger partial charge in [0.2, 0.25) is 0 Å². The molecule has 48 valence electrons. The lowest BCUT2D eigenvalue weighted by atomic mass is 10.7. The van der Waals surface area contributed by atoms with E-state index in [1.165, 1.54) is 6.20 Å².